The van der Waals surface area contributed by atoms with Crippen LogP contribution in [-0.2, 0) is 4.74 Å². The summed E-state index contributed by atoms with van der Waals surface area (Å²) in [5.41, 5.74) is -0.414. The van der Waals surface area contributed by atoms with Crippen LogP contribution in [0, 0.1) is 0 Å². The minimum atomic E-state index is -0.414. The van der Waals surface area contributed by atoms with Crippen molar-refractivity contribution in [2.45, 2.75) is 45.4 Å². The number of carbonyl (C=O) groups is 1. The summed E-state index contributed by atoms with van der Waals surface area (Å²) in [6.45, 7) is 8.58. The zero-order valence-corrected chi connectivity index (χ0v) is 9.63. The van der Waals surface area contributed by atoms with Gasteiger partial charge in [-0.05, 0) is 34.7 Å². The summed E-state index contributed by atoms with van der Waals surface area (Å²) in [4.78, 5) is 13.5. The Kier molecular flexibility index (Phi) is 3.04. The molecule has 0 aromatic heterocycles. The van der Waals surface area contributed by atoms with Crippen molar-refractivity contribution in [3.8, 4) is 0 Å². The summed E-state index contributed by atoms with van der Waals surface area (Å²) in [6.07, 6.45) is -0.317. The summed E-state index contributed by atoms with van der Waals surface area (Å²) in [6, 6.07) is 0.636. The third-order valence-electron chi connectivity index (χ3n) is 2.46. The highest BCUT2D eigenvalue weighted by atomic mass is 16.6. The molecule has 4 nitrogen and oxygen atoms in total. The Morgan fingerprint density at radius 3 is 2.43 bits per heavy atom. The molecule has 1 aliphatic heterocycles. The number of ether oxygens (including phenoxy) is 1. The Balaban J connectivity index is 2.29. The molecule has 0 aromatic rings. The fourth-order valence-corrected chi connectivity index (χ4v) is 1.42. The van der Waals surface area contributed by atoms with Crippen LogP contribution in [-0.4, -0.2) is 42.3 Å². The van der Waals surface area contributed by atoms with Gasteiger partial charge in [0.15, 0.2) is 0 Å². The second-order valence-corrected chi connectivity index (χ2v) is 4.93. The first-order valence-corrected chi connectivity index (χ1v) is 4.99. The highest BCUT2D eigenvalue weighted by molar-refractivity contribution is 5.68. The van der Waals surface area contributed by atoms with Crippen LogP contribution in [0.1, 0.15) is 27.7 Å². The molecule has 0 bridgehead atoms. The Labute approximate surface area is 85.6 Å². The zero-order valence-electron chi connectivity index (χ0n) is 9.63. The first-order chi connectivity index (χ1) is 6.29. The minimum Gasteiger partial charge on any atom is -0.444 e. The number of nitrogens with zero attached hydrogens (tertiary/aromatic N) is 1. The number of alkyl carbamates (subject to hydrolysis) is 1. The lowest BCUT2D eigenvalue weighted by Crippen LogP contribution is -2.64. The van der Waals surface area contributed by atoms with E-state index < -0.39 is 5.60 Å². The highest BCUT2D eigenvalue weighted by Gasteiger charge is 2.34. The molecule has 1 saturated heterocycles. The lowest BCUT2D eigenvalue weighted by molar-refractivity contribution is 0.0314. The van der Waals surface area contributed by atoms with Gasteiger partial charge in [0, 0.05) is 12.6 Å². The van der Waals surface area contributed by atoms with E-state index in [1.807, 2.05) is 27.8 Å². The SMILES string of the molecule is C[C@H]1[C@@H](NC(=O)OC(C)(C)C)CN1C. The first kappa shape index (κ1) is 11.3. The molecule has 0 saturated carbocycles. The number of hydrogen-bond acceptors (Lipinski definition) is 3. The molecule has 1 N–H and O–H groups in total. The predicted molar refractivity (Wildman–Crippen MR) is 55.2 cm³/mol. The van der Waals surface area contributed by atoms with Crippen LogP contribution in [0.25, 0.3) is 0 Å². The van der Waals surface area contributed by atoms with E-state index in [9.17, 15) is 4.79 Å². The van der Waals surface area contributed by atoms with Gasteiger partial charge in [-0.1, -0.05) is 0 Å². The average molecular weight is 200 g/mol. The lowest BCUT2D eigenvalue weighted by Gasteiger charge is -2.44. The lowest BCUT2D eigenvalue weighted by atomic mass is 10.00. The van der Waals surface area contributed by atoms with Crippen LogP contribution in [0.4, 0.5) is 4.79 Å². The van der Waals surface area contributed by atoms with Gasteiger partial charge in [0.2, 0.25) is 0 Å². The van der Waals surface area contributed by atoms with Gasteiger partial charge in [0.1, 0.15) is 5.60 Å². The molecule has 0 unspecified atom stereocenters. The van der Waals surface area contributed by atoms with Crippen molar-refractivity contribution >= 4 is 6.09 Å². The molecule has 0 spiro atoms. The standard InChI is InChI=1S/C10H20N2O2/c1-7-8(6-12(7)5)11-9(13)14-10(2,3)4/h7-8H,6H2,1-5H3,(H,11,13)/t7-,8-/m0/s1. The summed E-state index contributed by atoms with van der Waals surface area (Å²) >= 11 is 0. The van der Waals surface area contributed by atoms with E-state index >= 15 is 0 Å². The molecule has 0 radical (unpaired) electrons. The van der Waals surface area contributed by atoms with Gasteiger partial charge in [-0.25, -0.2) is 4.79 Å². The molecular weight excluding hydrogens is 180 g/mol. The van der Waals surface area contributed by atoms with Crippen molar-refractivity contribution in [3.63, 3.8) is 0 Å². The normalized spacial score (nSPS) is 28.1. The van der Waals surface area contributed by atoms with Crippen LogP contribution < -0.4 is 5.32 Å². The number of amides is 1. The molecule has 82 valence electrons. The van der Waals surface area contributed by atoms with Crippen LogP contribution in [0.15, 0.2) is 0 Å². The van der Waals surface area contributed by atoms with Crippen LogP contribution in [0.5, 0.6) is 0 Å². The Morgan fingerprint density at radius 2 is 2.07 bits per heavy atom. The molecule has 0 aromatic carbocycles. The smallest absolute Gasteiger partial charge is 0.407 e. The third kappa shape index (κ3) is 2.87. The Morgan fingerprint density at radius 1 is 1.50 bits per heavy atom. The molecule has 1 fully saturated rings. The second-order valence-electron chi connectivity index (χ2n) is 4.93. The summed E-state index contributed by atoms with van der Waals surface area (Å²) in [5, 5.41) is 2.85. The largest absolute Gasteiger partial charge is 0.444 e. The van der Waals surface area contributed by atoms with E-state index in [2.05, 4.69) is 17.1 Å². The molecule has 14 heavy (non-hydrogen) atoms. The van der Waals surface area contributed by atoms with Gasteiger partial charge in [-0.3, -0.25) is 4.90 Å². The molecule has 4 heteroatoms. The molecule has 1 aliphatic rings. The number of rotatable bonds is 1. The topological polar surface area (TPSA) is 41.6 Å². The van der Waals surface area contributed by atoms with Gasteiger partial charge >= 0.3 is 6.09 Å². The number of likely N-dealkylation sites (tertiary alicyclic amines) is 1. The van der Waals surface area contributed by atoms with Gasteiger partial charge in [0.25, 0.3) is 0 Å². The molecule has 1 heterocycles. The molecule has 1 rings (SSSR count). The number of likely N-dealkylation sites (N-methyl/N-ethyl adjacent to an activating group) is 1. The van der Waals surface area contributed by atoms with E-state index in [4.69, 9.17) is 4.74 Å². The average Bonchev–Trinajstić information content (AvgIpc) is 2.00. The van der Waals surface area contributed by atoms with Gasteiger partial charge in [-0.2, -0.15) is 0 Å². The molecular formula is C10H20N2O2. The molecule has 2 atom stereocenters. The molecule has 0 aliphatic carbocycles. The van der Waals surface area contributed by atoms with Gasteiger partial charge in [-0.15, -0.1) is 0 Å². The predicted octanol–water partition coefficient (Wildman–Crippen LogP) is 1.21. The fraction of sp³-hybridized carbons (Fsp3) is 0.900. The van der Waals surface area contributed by atoms with Crippen LogP contribution >= 0.6 is 0 Å². The summed E-state index contributed by atoms with van der Waals surface area (Å²) in [7, 11) is 2.04. The van der Waals surface area contributed by atoms with E-state index in [1.54, 1.807) is 0 Å². The van der Waals surface area contributed by atoms with E-state index in [1.165, 1.54) is 0 Å². The maximum Gasteiger partial charge on any atom is 0.407 e. The van der Waals surface area contributed by atoms with Crippen molar-refractivity contribution in [1.82, 2.24) is 10.2 Å². The zero-order chi connectivity index (χ0) is 10.9. The summed E-state index contributed by atoms with van der Waals surface area (Å²) in [5.74, 6) is 0. The van der Waals surface area contributed by atoms with Crippen molar-refractivity contribution in [1.29, 1.82) is 0 Å². The first-order valence-electron chi connectivity index (χ1n) is 4.99. The Hall–Kier alpha value is -0.770. The summed E-state index contributed by atoms with van der Waals surface area (Å²) < 4.78 is 5.16. The monoisotopic (exact) mass is 200 g/mol. The van der Waals surface area contributed by atoms with E-state index in [0.29, 0.717) is 6.04 Å². The number of nitrogens with one attached hydrogen (secondary N) is 1. The van der Waals surface area contributed by atoms with Crippen LogP contribution in [0.3, 0.4) is 0 Å². The second kappa shape index (κ2) is 3.77. The van der Waals surface area contributed by atoms with Crippen molar-refractivity contribution < 1.29 is 9.53 Å². The van der Waals surface area contributed by atoms with Gasteiger partial charge in [0.05, 0.1) is 6.04 Å². The van der Waals surface area contributed by atoms with Crippen molar-refractivity contribution in [2.75, 3.05) is 13.6 Å². The highest BCUT2D eigenvalue weighted by Crippen LogP contribution is 2.15. The maximum atomic E-state index is 11.4. The number of hydrogen-bond donors (Lipinski definition) is 1. The van der Waals surface area contributed by atoms with Crippen molar-refractivity contribution in [3.05, 3.63) is 0 Å². The van der Waals surface area contributed by atoms with Crippen molar-refractivity contribution in [2.24, 2.45) is 0 Å². The van der Waals surface area contributed by atoms with E-state index in [0.717, 1.165) is 6.54 Å². The number of carbonyl (C=O) groups excluding carboxylic acids is 1. The molecule has 1 amide bonds. The Bertz CT molecular complexity index is 223. The third-order valence-corrected chi connectivity index (χ3v) is 2.46. The minimum absolute atomic E-state index is 0.231. The van der Waals surface area contributed by atoms with Gasteiger partial charge < -0.3 is 10.1 Å². The quantitative estimate of drug-likeness (QED) is 0.692. The van der Waals surface area contributed by atoms with E-state index in [-0.39, 0.29) is 12.1 Å². The van der Waals surface area contributed by atoms with Crippen LogP contribution in [0.2, 0.25) is 0 Å². The fourth-order valence-electron chi connectivity index (χ4n) is 1.42. The maximum absolute atomic E-state index is 11.4.